The highest BCUT2D eigenvalue weighted by molar-refractivity contribution is 6.29. The molecule has 1 aliphatic rings. The fourth-order valence-corrected chi connectivity index (χ4v) is 1.74. The molecule has 0 amide bonds. The first-order chi connectivity index (χ1) is 6.75. The molecule has 3 nitrogen and oxygen atoms in total. The molecule has 0 atom stereocenters. The molecule has 0 unspecified atom stereocenters. The lowest BCUT2D eigenvalue weighted by atomic mass is 10.1. The van der Waals surface area contributed by atoms with Crippen molar-refractivity contribution < 1.29 is 0 Å². The van der Waals surface area contributed by atoms with Crippen LogP contribution in [0.1, 0.15) is 5.56 Å². The number of pyridine rings is 1. The van der Waals surface area contributed by atoms with E-state index >= 15 is 0 Å². The van der Waals surface area contributed by atoms with E-state index in [9.17, 15) is 0 Å². The first-order valence-corrected chi connectivity index (χ1v) is 5.15. The van der Waals surface area contributed by atoms with Crippen LogP contribution in [0.15, 0.2) is 18.3 Å². The van der Waals surface area contributed by atoms with Crippen LogP contribution in [0.25, 0.3) is 0 Å². The molecule has 2 rings (SSSR count). The number of rotatable bonds is 3. The van der Waals surface area contributed by atoms with Gasteiger partial charge in [-0.25, -0.2) is 4.98 Å². The smallest absolute Gasteiger partial charge is 0.129 e. The maximum Gasteiger partial charge on any atom is 0.129 e. The highest BCUT2D eigenvalue weighted by atomic mass is 35.5. The maximum absolute atomic E-state index is 5.81. The van der Waals surface area contributed by atoms with Crippen LogP contribution in [0.3, 0.4) is 0 Å². The summed E-state index contributed by atoms with van der Waals surface area (Å²) in [6.07, 6.45) is 1.75. The van der Waals surface area contributed by atoms with Crippen molar-refractivity contribution in [2.24, 2.45) is 0 Å². The van der Waals surface area contributed by atoms with Crippen molar-refractivity contribution >= 4 is 11.6 Å². The Hall–Kier alpha value is -0.640. The Balaban J connectivity index is 1.95. The first kappa shape index (κ1) is 9.90. The third-order valence-electron chi connectivity index (χ3n) is 2.61. The fraction of sp³-hybridized carbons (Fsp3) is 0.500. The molecule has 1 fully saturated rings. The second-order valence-electron chi connectivity index (χ2n) is 3.71. The SMILES string of the molecule is CN(Cc1ccnc(Cl)c1)C1CNC1. The molecule has 1 saturated heterocycles. The molecule has 1 aromatic heterocycles. The Bertz CT molecular complexity index is 312. The molecule has 0 aliphatic carbocycles. The van der Waals surface area contributed by atoms with Gasteiger partial charge in [-0.05, 0) is 24.7 Å². The minimum atomic E-state index is 0.572. The van der Waals surface area contributed by atoms with Crippen LogP contribution in [0.5, 0.6) is 0 Å². The van der Waals surface area contributed by atoms with E-state index in [4.69, 9.17) is 11.6 Å². The fourth-order valence-electron chi connectivity index (χ4n) is 1.54. The number of nitrogens with zero attached hydrogens (tertiary/aromatic N) is 2. The molecule has 2 heterocycles. The van der Waals surface area contributed by atoms with Gasteiger partial charge in [0, 0.05) is 31.9 Å². The quantitative estimate of drug-likeness (QED) is 0.761. The summed E-state index contributed by atoms with van der Waals surface area (Å²) in [5.41, 5.74) is 1.22. The van der Waals surface area contributed by atoms with Gasteiger partial charge in [-0.2, -0.15) is 0 Å². The second-order valence-corrected chi connectivity index (χ2v) is 4.10. The predicted molar refractivity (Wildman–Crippen MR) is 57.4 cm³/mol. The average molecular weight is 212 g/mol. The van der Waals surface area contributed by atoms with Crippen molar-refractivity contribution in [2.45, 2.75) is 12.6 Å². The van der Waals surface area contributed by atoms with Gasteiger partial charge in [-0.3, -0.25) is 4.90 Å². The van der Waals surface area contributed by atoms with Gasteiger partial charge in [0.05, 0.1) is 0 Å². The van der Waals surface area contributed by atoms with E-state index < -0.39 is 0 Å². The first-order valence-electron chi connectivity index (χ1n) is 4.77. The third kappa shape index (κ3) is 2.23. The highest BCUT2D eigenvalue weighted by Gasteiger charge is 2.21. The Morgan fingerprint density at radius 3 is 3.00 bits per heavy atom. The van der Waals surface area contributed by atoms with Crippen LogP contribution in [0, 0.1) is 0 Å². The van der Waals surface area contributed by atoms with Gasteiger partial charge in [0.2, 0.25) is 0 Å². The molecule has 0 bridgehead atoms. The molecule has 1 aliphatic heterocycles. The number of aromatic nitrogens is 1. The standard InChI is InChI=1S/C10H14ClN3/c1-14(9-5-12-6-9)7-8-2-3-13-10(11)4-8/h2-4,9,12H,5-7H2,1H3. The van der Waals surface area contributed by atoms with Crippen molar-refractivity contribution in [3.8, 4) is 0 Å². The number of likely N-dealkylation sites (N-methyl/N-ethyl adjacent to an activating group) is 1. The summed E-state index contributed by atoms with van der Waals surface area (Å²) in [5, 5.41) is 3.83. The second kappa shape index (κ2) is 4.26. The van der Waals surface area contributed by atoms with Crippen LogP contribution in [0.2, 0.25) is 5.15 Å². The van der Waals surface area contributed by atoms with Crippen LogP contribution in [-0.2, 0) is 6.54 Å². The van der Waals surface area contributed by atoms with Crippen molar-refractivity contribution in [3.05, 3.63) is 29.0 Å². The van der Waals surface area contributed by atoms with E-state index in [2.05, 4.69) is 22.2 Å². The number of hydrogen-bond acceptors (Lipinski definition) is 3. The molecule has 0 aromatic carbocycles. The number of halogens is 1. The van der Waals surface area contributed by atoms with Crippen molar-refractivity contribution in [2.75, 3.05) is 20.1 Å². The lowest BCUT2D eigenvalue weighted by molar-refractivity contribution is 0.173. The molecule has 0 saturated carbocycles. The summed E-state index contributed by atoms with van der Waals surface area (Å²) in [6, 6.07) is 4.60. The van der Waals surface area contributed by atoms with Gasteiger partial charge < -0.3 is 5.32 Å². The largest absolute Gasteiger partial charge is 0.314 e. The van der Waals surface area contributed by atoms with Crippen molar-refractivity contribution in [1.29, 1.82) is 0 Å². The van der Waals surface area contributed by atoms with Crippen LogP contribution >= 0.6 is 11.6 Å². The van der Waals surface area contributed by atoms with Gasteiger partial charge in [-0.15, -0.1) is 0 Å². The summed E-state index contributed by atoms with van der Waals surface area (Å²) in [7, 11) is 2.14. The topological polar surface area (TPSA) is 28.2 Å². The molecular formula is C10H14ClN3. The summed E-state index contributed by atoms with van der Waals surface area (Å²) >= 11 is 5.81. The van der Waals surface area contributed by atoms with E-state index in [1.807, 2.05) is 12.1 Å². The highest BCUT2D eigenvalue weighted by Crippen LogP contribution is 2.11. The normalized spacial score (nSPS) is 17.1. The molecule has 1 N–H and O–H groups in total. The number of hydrogen-bond donors (Lipinski definition) is 1. The molecule has 1 aromatic rings. The monoisotopic (exact) mass is 211 g/mol. The van der Waals surface area contributed by atoms with Gasteiger partial charge in [0.1, 0.15) is 5.15 Å². The average Bonchev–Trinajstić information content (AvgIpc) is 1.99. The van der Waals surface area contributed by atoms with Crippen LogP contribution < -0.4 is 5.32 Å². The van der Waals surface area contributed by atoms with E-state index in [-0.39, 0.29) is 0 Å². The van der Waals surface area contributed by atoms with Crippen LogP contribution in [0.4, 0.5) is 0 Å². The van der Waals surface area contributed by atoms with Gasteiger partial charge in [0.25, 0.3) is 0 Å². The third-order valence-corrected chi connectivity index (χ3v) is 2.81. The molecule has 14 heavy (non-hydrogen) atoms. The van der Waals surface area contributed by atoms with Gasteiger partial charge in [-0.1, -0.05) is 11.6 Å². The van der Waals surface area contributed by atoms with Crippen molar-refractivity contribution in [3.63, 3.8) is 0 Å². The van der Waals surface area contributed by atoms with Crippen LogP contribution in [-0.4, -0.2) is 36.1 Å². The van der Waals surface area contributed by atoms with E-state index in [1.165, 1.54) is 5.56 Å². The van der Waals surface area contributed by atoms with Gasteiger partial charge in [0.15, 0.2) is 0 Å². The molecule has 4 heteroatoms. The molecule has 0 spiro atoms. The minimum absolute atomic E-state index is 0.572. The summed E-state index contributed by atoms with van der Waals surface area (Å²) in [5.74, 6) is 0. The lowest BCUT2D eigenvalue weighted by Gasteiger charge is -2.35. The lowest BCUT2D eigenvalue weighted by Crippen LogP contribution is -2.55. The predicted octanol–water partition coefficient (Wildman–Crippen LogP) is 1.14. The Labute approximate surface area is 89.1 Å². The zero-order valence-electron chi connectivity index (χ0n) is 8.20. The Morgan fingerprint density at radius 2 is 2.43 bits per heavy atom. The molecule has 0 radical (unpaired) electrons. The van der Waals surface area contributed by atoms with E-state index in [0.717, 1.165) is 19.6 Å². The molecule has 76 valence electrons. The van der Waals surface area contributed by atoms with Gasteiger partial charge >= 0.3 is 0 Å². The minimum Gasteiger partial charge on any atom is -0.314 e. The Kier molecular flexibility index (Phi) is 3.01. The summed E-state index contributed by atoms with van der Waals surface area (Å²) < 4.78 is 0. The molecular weight excluding hydrogens is 198 g/mol. The summed E-state index contributed by atoms with van der Waals surface area (Å²) in [4.78, 5) is 6.30. The number of nitrogens with one attached hydrogen (secondary N) is 1. The zero-order chi connectivity index (χ0) is 9.97. The summed E-state index contributed by atoms with van der Waals surface area (Å²) in [6.45, 7) is 3.12. The zero-order valence-corrected chi connectivity index (χ0v) is 8.96. The van der Waals surface area contributed by atoms with Crippen molar-refractivity contribution in [1.82, 2.24) is 15.2 Å². The Morgan fingerprint density at radius 1 is 1.64 bits per heavy atom. The van der Waals surface area contributed by atoms with E-state index in [0.29, 0.717) is 11.2 Å². The van der Waals surface area contributed by atoms with E-state index in [1.54, 1.807) is 6.20 Å². The maximum atomic E-state index is 5.81.